The Balaban J connectivity index is 1.41. The van der Waals surface area contributed by atoms with Crippen molar-refractivity contribution in [1.82, 2.24) is 10.2 Å². The summed E-state index contributed by atoms with van der Waals surface area (Å²) in [5.41, 5.74) is -0.893. The van der Waals surface area contributed by atoms with Crippen molar-refractivity contribution in [3.05, 3.63) is 18.2 Å². The Morgan fingerprint density at radius 1 is 1.10 bits per heavy atom. The van der Waals surface area contributed by atoms with Crippen molar-refractivity contribution in [3.63, 3.8) is 0 Å². The first-order valence-corrected chi connectivity index (χ1v) is 17.4. The fraction of sp³-hybridized carbons (Fsp3) is 0.722. The summed E-state index contributed by atoms with van der Waals surface area (Å²) < 4.78 is 22.9. The topological polar surface area (TPSA) is 127 Å². The van der Waals surface area contributed by atoms with E-state index in [-0.39, 0.29) is 43.0 Å². The van der Waals surface area contributed by atoms with Crippen LogP contribution in [-0.4, -0.2) is 97.6 Å². The van der Waals surface area contributed by atoms with Crippen LogP contribution in [0, 0.1) is 11.8 Å². The van der Waals surface area contributed by atoms with Crippen molar-refractivity contribution in [3.8, 4) is 5.75 Å². The number of rotatable bonds is 12. The lowest BCUT2D eigenvalue weighted by atomic mass is 9.87. The van der Waals surface area contributed by atoms with Gasteiger partial charge in [0.2, 0.25) is 11.8 Å². The number of methoxy groups -OCH3 is 1. The summed E-state index contributed by atoms with van der Waals surface area (Å²) in [6, 6.07) is 5.53. The molecule has 2 aliphatic carbocycles. The minimum atomic E-state index is -1.03. The molecule has 1 saturated heterocycles. The van der Waals surface area contributed by atoms with Crippen molar-refractivity contribution in [1.29, 1.82) is 0 Å². The lowest BCUT2D eigenvalue weighted by Crippen LogP contribution is -2.55. The average molecular weight is 671 g/mol. The number of hydrogen-bond acceptors (Lipinski definition) is 8. The molecule has 0 aromatic heterocycles. The first-order valence-electron chi connectivity index (χ1n) is 17.4. The Kier molecular flexibility index (Phi) is 10.4. The van der Waals surface area contributed by atoms with Gasteiger partial charge in [0.25, 0.3) is 5.91 Å². The molecule has 5 rings (SSSR count). The van der Waals surface area contributed by atoms with Crippen molar-refractivity contribution in [2.75, 3.05) is 49.8 Å². The van der Waals surface area contributed by atoms with E-state index in [9.17, 15) is 19.2 Å². The summed E-state index contributed by atoms with van der Waals surface area (Å²) >= 11 is 0. The van der Waals surface area contributed by atoms with E-state index in [4.69, 9.17) is 18.9 Å². The zero-order valence-electron chi connectivity index (χ0n) is 29.9. The lowest BCUT2D eigenvalue weighted by molar-refractivity contribution is -0.133. The highest BCUT2D eigenvalue weighted by atomic mass is 16.6. The molecule has 0 bridgehead atoms. The van der Waals surface area contributed by atoms with Gasteiger partial charge in [0, 0.05) is 45.1 Å². The standard InChI is InChI=1S/C36H54N4O8/c1-23(2)46-22-36(14-15-36)37-30(41)24-18-25(21-38(20-24)33(44)48-34(3,4)5)31(42)40(26-10-11-26)27-12-13-29-28(19-27)39(16-9-17-45-8)32(43)35(6,7)47-29/h12-13,19,23-26H,9-11,14-18,20-22H2,1-8H3,(H,37,41)/t24-,25+/m0/s1. The van der Waals surface area contributed by atoms with Gasteiger partial charge in [-0.3, -0.25) is 14.4 Å². The van der Waals surface area contributed by atoms with E-state index >= 15 is 0 Å². The molecule has 48 heavy (non-hydrogen) atoms. The number of nitrogens with one attached hydrogen (secondary N) is 1. The van der Waals surface area contributed by atoms with Crippen LogP contribution in [0.25, 0.3) is 0 Å². The predicted molar refractivity (Wildman–Crippen MR) is 181 cm³/mol. The highest BCUT2D eigenvalue weighted by Gasteiger charge is 2.49. The Bertz CT molecular complexity index is 1380. The van der Waals surface area contributed by atoms with Crippen LogP contribution in [0.1, 0.15) is 87.0 Å². The van der Waals surface area contributed by atoms with Crippen LogP contribution in [0.15, 0.2) is 18.2 Å². The van der Waals surface area contributed by atoms with E-state index in [1.54, 1.807) is 51.5 Å². The van der Waals surface area contributed by atoms with Crippen LogP contribution in [-0.2, 0) is 28.6 Å². The lowest BCUT2D eigenvalue weighted by Gasteiger charge is -2.40. The van der Waals surface area contributed by atoms with Crippen molar-refractivity contribution < 1.29 is 38.1 Å². The summed E-state index contributed by atoms with van der Waals surface area (Å²) in [5, 5.41) is 3.20. The van der Waals surface area contributed by atoms with Crippen LogP contribution in [0.4, 0.5) is 16.2 Å². The Hall–Kier alpha value is -3.38. The van der Waals surface area contributed by atoms with Crippen LogP contribution in [0.3, 0.4) is 0 Å². The van der Waals surface area contributed by atoms with E-state index in [2.05, 4.69) is 5.32 Å². The highest BCUT2D eigenvalue weighted by molar-refractivity contribution is 6.04. The third kappa shape index (κ3) is 8.42. The maximum absolute atomic E-state index is 14.6. The molecular weight excluding hydrogens is 616 g/mol. The number of hydrogen-bond donors (Lipinski definition) is 1. The largest absolute Gasteiger partial charge is 0.476 e. The number of piperidine rings is 1. The third-order valence-electron chi connectivity index (χ3n) is 9.27. The van der Waals surface area contributed by atoms with Crippen molar-refractivity contribution in [2.45, 2.75) is 116 Å². The van der Waals surface area contributed by atoms with Crippen molar-refractivity contribution >= 4 is 35.2 Å². The fourth-order valence-electron chi connectivity index (χ4n) is 6.43. The monoisotopic (exact) mass is 670 g/mol. The fourth-order valence-corrected chi connectivity index (χ4v) is 6.43. The van der Waals surface area contributed by atoms with Gasteiger partial charge in [-0.05, 0) is 105 Å². The molecule has 266 valence electrons. The maximum atomic E-state index is 14.6. The van der Waals surface area contributed by atoms with E-state index in [1.165, 1.54) is 4.90 Å². The number of nitrogens with zero attached hydrogens (tertiary/aromatic N) is 3. The third-order valence-corrected chi connectivity index (χ3v) is 9.27. The molecular formula is C36H54N4O8. The molecule has 12 heteroatoms. The maximum Gasteiger partial charge on any atom is 0.410 e. The number of ether oxygens (including phenoxy) is 4. The van der Waals surface area contributed by atoms with E-state index < -0.39 is 34.7 Å². The summed E-state index contributed by atoms with van der Waals surface area (Å²) in [5.74, 6) is -1.13. The molecule has 1 aromatic rings. The molecule has 1 N–H and O–H groups in total. The predicted octanol–water partition coefficient (Wildman–Crippen LogP) is 4.67. The van der Waals surface area contributed by atoms with Gasteiger partial charge in [-0.15, -0.1) is 0 Å². The van der Waals surface area contributed by atoms with Crippen LogP contribution in [0.5, 0.6) is 5.75 Å². The summed E-state index contributed by atoms with van der Waals surface area (Å²) in [6.07, 6.45) is 3.79. The molecule has 12 nitrogen and oxygen atoms in total. The number of carbonyl (C=O) groups excluding carboxylic acids is 4. The quantitative estimate of drug-likeness (QED) is 0.318. The molecule has 1 aromatic carbocycles. The zero-order valence-corrected chi connectivity index (χ0v) is 29.9. The molecule has 2 saturated carbocycles. The molecule has 0 radical (unpaired) electrons. The second-order valence-electron chi connectivity index (χ2n) is 15.7. The van der Waals surface area contributed by atoms with E-state index in [0.29, 0.717) is 49.7 Å². The average Bonchev–Trinajstić information content (AvgIpc) is 3.95. The number of likely N-dealkylation sites (tertiary alicyclic amines) is 1. The van der Waals surface area contributed by atoms with E-state index in [1.807, 2.05) is 32.0 Å². The number of amides is 4. The molecule has 3 fully saturated rings. The minimum absolute atomic E-state index is 0.0127. The van der Waals surface area contributed by atoms with Crippen LogP contribution in [0.2, 0.25) is 0 Å². The molecule has 0 unspecified atom stereocenters. The molecule has 4 aliphatic rings. The number of benzene rings is 1. The first-order chi connectivity index (χ1) is 22.5. The molecule has 4 amide bonds. The van der Waals surface area contributed by atoms with Gasteiger partial charge < -0.3 is 39.0 Å². The van der Waals surface area contributed by atoms with Gasteiger partial charge >= 0.3 is 6.09 Å². The number of fused-ring (bicyclic) bond motifs is 1. The smallest absolute Gasteiger partial charge is 0.410 e. The number of anilines is 2. The second kappa shape index (κ2) is 13.9. The highest BCUT2D eigenvalue weighted by Crippen LogP contribution is 2.43. The van der Waals surface area contributed by atoms with Gasteiger partial charge in [0.05, 0.1) is 35.8 Å². The van der Waals surface area contributed by atoms with Crippen LogP contribution < -0.4 is 19.9 Å². The first kappa shape index (κ1) is 35.9. The number of carbonyl (C=O) groups is 4. The summed E-state index contributed by atoms with van der Waals surface area (Å²) in [7, 11) is 1.63. The summed E-state index contributed by atoms with van der Waals surface area (Å²) in [6.45, 7) is 14.5. The van der Waals surface area contributed by atoms with Gasteiger partial charge in [0.15, 0.2) is 5.60 Å². The summed E-state index contributed by atoms with van der Waals surface area (Å²) in [4.78, 5) is 60.2. The molecule has 2 aliphatic heterocycles. The zero-order chi connectivity index (χ0) is 35.0. The minimum Gasteiger partial charge on any atom is -0.476 e. The molecule has 0 spiro atoms. The van der Waals surface area contributed by atoms with Gasteiger partial charge in [-0.1, -0.05) is 0 Å². The molecule has 2 atom stereocenters. The van der Waals surface area contributed by atoms with Gasteiger partial charge in [-0.2, -0.15) is 0 Å². The SMILES string of the molecule is COCCCN1C(=O)C(C)(C)Oc2ccc(N(C(=O)[C@@H]3C[C@H](C(=O)NC4(COC(C)C)CC4)CN(C(=O)OC(C)(C)C)C3)C3CC3)cc21. The van der Waals surface area contributed by atoms with Crippen molar-refractivity contribution in [2.24, 2.45) is 11.8 Å². The van der Waals surface area contributed by atoms with Gasteiger partial charge in [-0.25, -0.2) is 4.79 Å². The second-order valence-corrected chi connectivity index (χ2v) is 15.7. The molecule has 2 heterocycles. The normalized spacial score (nSPS) is 22.9. The Morgan fingerprint density at radius 3 is 2.40 bits per heavy atom. The Morgan fingerprint density at radius 2 is 1.79 bits per heavy atom. The van der Waals surface area contributed by atoms with Crippen LogP contribution >= 0.6 is 0 Å². The van der Waals surface area contributed by atoms with Gasteiger partial charge in [0.1, 0.15) is 11.4 Å². The Labute approximate surface area is 284 Å². The van der Waals surface area contributed by atoms with E-state index in [0.717, 1.165) is 25.7 Å².